The highest BCUT2D eigenvalue weighted by molar-refractivity contribution is 5.28. The topological polar surface area (TPSA) is 384 Å². The summed E-state index contributed by atoms with van der Waals surface area (Å²) in [6.07, 6.45) is -15.7. The normalized spacial score (nSPS) is 25.5. The van der Waals surface area contributed by atoms with Crippen LogP contribution in [0.4, 0.5) is 13.2 Å². The van der Waals surface area contributed by atoms with Crippen molar-refractivity contribution in [3.8, 4) is 5.75 Å². The molecule has 79 heavy (non-hydrogen) atoms. The minimum absolute atomic E-state index is 0.000566. The van der Waals surface area contributed by atoms with Gasteiger partial charge in [0.05, 0.1) is 68.8 Å². The molecular weight excluding hydrogens is 1060 g/mol. The first-order valence-electron chi connectivity index (χ1n) is 24.2. The Labute approximate surface area is 442 Å². The number of nitrogens with one attached hydrogen (secondary N) is 3. The number of aromatic amines is 3. The molecule has 12 atom stereocenters. The van der Waals surface area contributed by atoms with E-state index in [1.807, 2.05) is 36.2 Å². The van der Waals surface area contributed by atoms with Crippen molar-refractivity contribution in [3.63, 3.8) is 0 Å². The molecule has 0 saturated carbocycles. The van der Waals surface area contributed by atoms with Crippen molar-refractivity contribution in [1.82, 2.24) is 28.7 Å². The summed E-state index contributed by atoms with van der Waals surface area (Å²) in [6, 6.07) is 18.8. The second kappa shape index (κ2) is 25.3. The molecule has 0 bridgehead atoms. The van der Waals surface area contributed by atoms with Crippen molar-refractivity contribution in [2.75, 3.05) is 26.9 Å². The van der Waals surface area contributed by atoms with Crippen LogP contribution in [0.3, 0.4) is 0 Å². The van der Waals surface area contributed by atoms with Crippen LogP contribution in [-0.2, 0) is 40.0 Å². The molecule has 3 aromatic heterocycles. The van der Waals surface area contributed by atoms with Crippen molar-refractivity contribution in [1.29, 1.82) is 0 Å². The Morgan fingerprint density at radius 3 is 1.04 bits per heavy atom. The van der Waals surface area contributed by atoms with Crippen LogP contribution in [0.2, 0.25) is 0 Å². The second-order valence-electron chi connectivity index (χ2n) is 18.7. The summed E-state index contributed by atoms with van der Waals surface area (Å²) < 4.78 is 62.7. The zero-order valence-corrected chi connectivity index (χ0v) is 41.9. The maximum atomic E-state index is 12.6. The lowest BCUT2D eigenvalue weighted by Gasteiger charge is -2.16. The lowest BCUT2D eigenvalue weighted by molar-refractivity contribution is -0.137. The van der Waals surface area contributed by atoms with Gasteiger partial charge in [-0.2, -0.15) is 13.2 Å². The van der Waals surface area contributed by atoms with Crippen LogP contribution in [0.1, 0.15) is 62.8 Å². The summed E-state index contributed by atoms with van der Waals surface area (Å²) in [6.45, 7) is 0.649. The fourth-order valence-corrected chi connectivity index (χ4v) is 8.82. The van der Waals surface area contributed by atoms with Crippen LogP contribution >= 0.6 is 0 Å². The lowest BCUT2D eigenvalue weighted by atomic mass is 10.0. The van der Waals surface area contributed by atoms with Crippen LogP contribution in [0, 0.1) is 6.92 Å². The maximum Gasteiger partial charge on any atom is 0.416 e. The molecule has 0 unspecified atom stereocenters. The first-order valence-corrected chi connectivity index (χ1v) is 24.2. The lowest BCUT2D eigenvalue weighted by Crippen LogP contribution is -2.36. The molecule has 0 amide bonds. The SMILES string of the molecule is COc1ccc(Cn2cc([C@@H]3O[C@H](CO)[C@@H](O)[C@H]3O)c(=O)[nH]c2=O)cc1.Cc1ccc(Cn2cc([C@@H]3O[C@H](CO)[C@@H](O)[C@H]3O)c(=O)[nH]c2=O)cc1.O=c1[nH]c(=O)n(Cc2ccc(C(F)(F)F)cc2)cc1[C@@H]1O[C@H](CO)[C@@H](O)[C@H]1O. The minimum Gasteiger partial charge on any atom is -0.497 e. The van der Waals surface area contributed by atoms with E-state index in [-0.39, 0.29) is 36.3 Å². The summed E-state index contributed by atoms with van der Waals surface area (Å²) in [4.78, 5) is 79.0. The molecule has 25 nitrogen and oxygen atoms in total. The van der Waals surface area contributed by atoms with Crippen molar-refractivity contribution in [3.05, 3.63) is 198 Å². The first kappa shape index (κ1) is 59.5. The van der Waals surface area contributed by atoms with Crippen LogP contribution in [0.15, 0.2) is 120 Å². The summed E-state index contributed by atoms with van der Waals surface area (Å²) >= 11 is 0. The van der Waals surface area contributed by atoms with E-state index in [0.717, 1.165) is 39.6 Å². The average Bonchev–Trinajstić information content (AvgIpc) is 4.04. The summed E-state index contributed by atoms with van der Waals surface area (Å²) in [5.74, 6) is 0.676. The predicted octanol–water partition coefficient (Wildman–Crippen LogP) is -2.45. The molecule has 0 aliphatic carbocycles. The summed E-state index contributed by atoms with van der Waals surface area (Å²) in [5.41, 5.74) is -2.10. The highest BCUT2D eigenvalue weighted by Gasteiger charge is 2.46. The van der Waals surface area contributed by atoms with Gasteiger partial charge in [0.1, 0.15) is 79.0 Å². The van der Waals surface area contributed by atoms with E-state index >= 15 is 0 Å². The largest absolute Gasteiger partial charge is 0.497 e. The molecule has 3 aliphatic heterocycles. The van der Waals surface area contributed by atoms with Crippen LogP contribution < -0.4 is 38.5 Å². The van der Waals surface area contributed by atoms with Gasteiger partial charge in [0.2, 0.25) is 0 Å². The number of ether oxygens (including phenoxy) is 4. The number of aryl methyl sites for hydroxylation is 1. The van der Waals surface area contributed by atoms with E-state index < -0.39 is 139 Å². The molecule has 0 spiro atoms. The molecule has 3 fully saturated rings. The number of alkyl halides is 3. The Hall–Kier alpha value is -7.19. The molecule has 0 radical (unpaired) electrons. The number of methoxy groups -OCH3 is 1. The number of H-pyrrole nitrogens is 3. The Kier molecular flexibility index (Phi) is 19.0. The van der Waals surface area contributed by atoms with E-state index in [2.05, 4.69) is 9.97 Å². The average molecular weight is 1120 g/mol. The number of halogens is 3. The van der Waals surface area contributed by atoms with Gasteiger partial charge in [-0.25, -0.2) is 14.4 Å². The van der Waals surface area contributed by atoms with Gasteiger partial charge in [0, 0.05) is 18.6 Å². The maximum absolute atomic E-state index is 12.6. The van der Waals surface area contributed by atoms with Crippen molar-refractivity contribution in [2.24, 2.45) is 0 Å². The van der Waals surface area contributed by atoms with Crippen molar-refractivity contribution >= 4 is 0 Å². The summed E-state index contributed by atoms with van der Waals surface area (Å²) in [7, 11) is 1.55. The van der Waals surface area contributed by atoms with E-state index in [1.165, 1.54) is 33.7 Å². The van der Waals surface area contributed by atoms with E-state index in [4.69, 9.17) is 29.2 Å². The van der Waals surface area contributed by atoms with Crippen molar-refractivity contribution in [2.45, 2.75) is 106 Å². The highest BCUT2D eigenvalue weighted by Crippen LogP contribution is 2.34. The highest BCUT2D eigenvalue weighted by atomic mass is 19.4. The molecule has 6 aromatic rings. The molecule has 12 N–H and O–H groups in total. The molecule has 3 aromatic carbocycles. The molecule has 6 heterocycles. The number of aliphatic hydroxyl groups excluding tert-OH is 9. The zero-order chi connectivity index (χ0) is 57.6. The fraction of sp³-hybridized carbons (Fsp3) is 0.412. The smallest absolute Gasteiger partial charge is 0.416 e. The van der Waals surface area contributed by atoms with E-state index in [0.29, 0.717) is 11.3 Å². The number of benzene rings is 3. The Balaban J connectivity index is 0.000000172. The molecular formula is C51H57F3N6O19. The van der Waals surface area contributed by atoms with Gasteiger partial charge in [0.15, 0.2) is 0 Å². The molecule has 426 valence electrons. The van der Waals surface area contributed by atoms with Crippen molar-refractivity contribution < 1.29 is 78.1 Å². The van der Waals surface area contributed by atoms with Gasteiger partial charge >= 0.3 is 23.2 Å². The first-order chi connectivity index (χ1) is 37.5. The van der Waals surface area contributed by atoms with Gasteiger partial charge in [-0.1, -0.05) is 54.1 Å². The predicted molar refractivity (Wildman–Crippen MR) is 267 cm³/mol. The van der Waals surface area contributed by atoms with Gasteiger partial charge in [-0.3, -0.25) is 43.0 Å². The number of aliphatic hydroxyl groups is 9. The molecule has 3 aliphatic rings. The summed E-state index contributed by atoms with van der Waals surface area (Å²) in [5, 5.41) is 87.3. The molecule has 3 saturated heterocycles. The van der Waals surface area contributed by atoms with Gasteiger partial charge in [-0.05, 0) is 47.9 Å². The Morgan fingerprint density at radius 1 is 0.481 bits per heavy atom. The minimum atomic E-state index is -4.49. The van der Waals surface area contributed by atoms with Gasteiger partial charge < -0.3 is 64.9 Å². The monoisotopic (exact) mass is 1110 g/mol. The number of nitrogens with zero attached hydrogens (tertiary/aromatic N) is 3. The third-order valence-corrected chi connectivity index (χ3v) is 13.3. The van der Waals surface area contributed by atoms with Gasteiger partial charge in [0.25, 0.3) is 16.7 Å². The number of hydrogen-bond donors (Lipinski definition) is 12. The van der Waals surface area contributed by atoms with Crippen LogP contribution in [0.5, 0.6) is 5.75 Å². The Morgan fingerprint density at radius 2 is 0.772 bits per heavy atom. The van der Waals surface area contributed by atoms with E-state index in [1.54, 1.807) is 31.4 Å². The standard InChI is InChI=1S/C17H17F3N2O6.C17H20N2O7.C17H20N2O6/c18-17(19,20)9-3-1-8(2-4-9)5-22-6-10(15(26)21-16(22)27)14-13(25)12(24)11(7-23)28-14;1-25-10-4-2-9(3-5-10)6-19-7-11(16(23)18-17(19)24)15-14(22)13(21)12(8-20)26-15;1-9-2-4-10(5-3-9)6-19-7-11(16(23)18-17(19)24)15-14(22)13(21)12(8-20)25-15/h1-4,6,11-14,23-25H,5,7H2,(H,21,26,27);2-5,7,12-15,20-22H,6,8H2,1H3,(H,18,23,24);2-5,7,12-15,20-22H,6,8H2,1H3,(H,18,23,24)/t11-,12-,13-,14+;2*12-,13-,14-,15+/m111/s1. The van der Waals surface area contributed by atoms with E-state index in [9.17, 15) is 77.7 Å². The second-order valence-corrected chi connectivity index (χ2v) is 18.7. The molecule has 9 rings (SSSR count). The zero-order valence-electron chi connectivity index (χ0n) is 41.9. The molecule has 28 heteroatoms. The van der Waals surface area contributed by atoms with Gasteiger partial charge in [-0.15, -0.1) is 0 Å². The third kappa shape index (κ3) is 13.6. The number of rotatable bonds is 13. The number of hydrogen-bond acceptors (Lipinski definition) is 19. The van der Waals surface area contributed by atoms with Crippen LogP contribution in [0.25, 0.3) is 0 Å². The third-order valence-electron chi connectivity index (χ3n) is 13.3. The Bertz CT molecular complexity index is 3400. The van der Waals surface area contributed by atoms with Crippen LogP contribution in [-0.4, -0.2) is 156 Å². The fourth-order valence-electron chi connectivity index (χ4n) is 8.82. The number of aromatic nitrogens is 6. The quantitative estimate of drug-likeness (QED) is 0.0571.